The first-order valence-corrected chi connectivity index (χ1v) is 7.17. The molecule has 0 rings (SSSR count). The van der Waals surface area contributed by atoms with Crippen molar-refractivity contribution in [2.75, 3.05) is 0 Å². The molecule has 0 heteroatoms. The summed E-state index contributed by atoms with van der Waals surface area (Å²) in [5.74, 6) is 0. The van der Waals surface area contributed by atoms with Crippen molar-refractivity contribution in [3.05, 3.63) is 24.8 Å². The third-order valence-electron chi connectivity index (χ3n) is 2.92. The minimum absolute atomic E-state index is 1.17. The van der Waals surface area contributed by atoms with Crippen molar-refractivity contribution in [1.29, 1.82) is 0 Å². The van der Waals surface area contributed by atoms with E-state index < -0.39 is 0 Å². The Labute approximate surface area is 103 Å². The Kier molecular flexibility index (Phi) is 14.0. The molecule has 0 heterocycles. The van der Waals surface area contributed by atoms with Gasteiger partial charge in [0.2, 0.25) is 0 Å². The highest BCUT2D eigenvalue weighted by Crippen LogP contribution is 2.08. The van der Waals surface area contributed by atoms with Gasteiger partial charge in [0.25, 0.3) is 0 Å². The summed E-state index contributed by atoms with van der Waals surface area (Å²) in [5, 5.41) is 0. The Balaban J connectivity index is 3.00. The zero-order chi connectivity index (χ0) is 11.9. The van der Waals surface area contributed by atoms with E-state index in [0.717, 1.165) is 0 Å². The largest absolute Gasteiger partial charge is 0.103 e. The maximum atomic E-state index is 3.73. The van der Waals surface area contributed by atoms with Crippen LogP contribution in [0.5, 0.6) is 0 Å². The predicted molar refractivity (Wildman–Crippen MR) is 75.8 cm³/mol. The fourth-order valence-corrected chi connectivity index (χ4v) is 1.83. The second-order valence-corrected chi connectivity index (χ2v) is 4.60. The van der Waals surface area contributed by atoms with Crippen LogP contribution in [0.15, 0.2) is 24.8 Å². The number of unbranched alkanes of at least 4 members (excludes halogenated alkanes) is 9. The molecule has 0 aromatic rings. The van der Waals surface area contributed by atoms with Crippen LogP contribution < -0.4 is 0 Å². The third kappa shape index (κ3) is 13.5. The Morgan fingerprint density at radius 2 is 1.19 bits per heavy atom. The fraction of sp³-hybridized carbons (Fsp3) is 0.750. The summed E-state index contributed by atoms with van der Waals surface area (Å²) < 4.78 is 0. The van der Waals surface area contributed by atoms with Gasteiger partial charge in [-0.25, -0.2) is 0 Å². The maximum Gasteiger partial charge on any atom is -0.0351 e. The predicted octanol–water partition coefficient (Wildman–Crippen LogP) is 6.04. The summed E-state index contributed by atoms with van der Waals surface area (Å²) in [6, 6.07) is 0. The van der Waals surface area contributed by atoms with E-state index in [2.05, 4.69) is 25.7 Å². The molecule has 94 valence electrons. The Bertz CT molecular complexity index is 155. The van der Waals surface area contributed by atoms with Gasteiger partial charge in [-0.05, 0) is 38.5 Å². The van der Waals surface area contributed by atoms with E-state index in [1.54, 1.807) is 0 Å². The summed E-state index contributed by atoms with van der Waals surface area (Å²) >= 11 is 0. The lowest BCUT2D eigenvalue weighted by Gasteiger charge is -1.97. The van der Waals surface area contributed by atoms with E-state index in [0.29, 0.717) is 0 Å². The number of hydrogen-bond donors (Lipinski definition) is 0. The second kappa shape index (κ2) is 14.5. The molecular formula is C16H30. The van der Waals surface area contributed by atoms with Crippen molar-refractivity contribution in [1.82, 2.24) is 0 Å². The first kappa shape index (κ1) is 15.5. The molecule has 0 aliphatic heterocycles. The Hall–Kier alpha value is -0.520. The van der Waals surface area contributed by atoms with Crippen molar-refractivity contribution >= 4 is 0 Å². The fourth-order valence-electron chi connectivity index (χ4n) is 1.83. The number of rotatable bonds is 12. The monoisotopic (exact) mass is 222 g/mol. The molecule has 16 heavy (non-hydrogen) atoms. The van der Waals surface area contributed by atoms with Crippen LogP contribution in [0.2, 0.25) is 0 Å². The molecule has 0 aliphatic rings. The summed E-state index contributed by atoms with van der Waals surface area (Å²) in [5.41, 5.74) is 0. The topological polar surface area (TPSA) is 0 Å². The standard InChI is InChI=1S/C16H30/c1-3-5-7-9-11-13-15-16-14-12-10-8-6-4-2/h3,13,15H,1,4-12,14,16H2,2H3. The first-order chi connectivity index (χ1) is 7.91. The van der Waals surface area contributed by atoms with E-state index in [1.807, 2.05) is 6.08 Å². The minimum atomic E-state index is 1.17. The van der Waals surface area contributed by atoms with Crippen LogP contribution in [0.4, 0.5) is 0 Å². The van der Waals surface area contributed by atoms with Gasteiger partial charge in [0.05, 0.1) is 0 Å². The number of allylic oxidation sites excluding steroid dienone is 3. The molecule has 0 N–H and O–H groups in total. The van der Waals surface area contributed by atoms with Crippen molar-refractivity contribution in [2.45, 2.75) is 77.6 Å². The van der Waals surface area contributed by atoms with Gasteiger partial charge in [-0.15, -0.1) is 6.58 Å². The van der Waals surface area contributed by atoms with Crippen LogP contribution in [0.3, 0.4) is 0 Å². The molecule has 0 radical (unpaired) electrons. The molecule has 0 atom stereocenters. The molecule has 0 saturated heterocycles. The quantitative estimate of drug-likeness (QED) is 0.279. The second-order valence-electron chi connectivity index (χ2n) is 4.60. The Morgan fingerprint density at radius 3 is 1.81 bits per heavy atom. The van der Waals surface area contributed by atoms with Gasteiger partial charge >= 0.3 is 0 Å². The van der Waals surface area contributed by atoms with Crippen LogP contribution in [0, 0.1) is 0 Å². The van der Waals surface area contributed by atoms with Gasteiger partial charge in [-0.1, -0.05) is 57.3 Å². The van der Waals surface area contributed by atoms with Gasteiger partial charge < -0.3 is 0 Å². The molecule has 0 fully saturated rings. The summed E-state index contributed by atoms with van der Waals surface area (Å²) in [6.07, 6.45) is 21.5. The molecule has 0 amide bonds. The smallest absolute Gasteiger partial charge is 0.0351 e. The summed E-state index contributed by atoms with van der Waals surface area (Å²) in [4.78, 5) is 0. The van der Waals surface area contributed by atoms with E-state index in [1.165, 1.54) is 70.6 Å². The van der Waals surface area contributed by atoms with Crippen LogP contribution in [0.25, 0.3) is 0 Å². The molecule has 0 spiro atoms. The van der Waals surface area contributed by atoms with E-state index in [9.17, 15) is 0 Å². The highest BCUT2D eigenvalue weighted by Gasteiger charge is 1.88. The van der Waals surface area contributed by atoms with Crippen molar-refractivity contribution in [3.8, 4) is 0 Å². The summed E-state index contributed by atoms with van der Waals surface area (Å²) in [7, 11) is 0. The van der Waals surface area contributed by atoms with Crippen LogP contribution in [-0.4, -0.2) is 0 Å². The highest BCUT2D eigenvalue weighted by molar-refractivity contribution is 4.81. The average Bonchev–Trinajstić information content (AvgIpc) is 2.31. The first-order valence-electron chi connectivity index (χ1n) is 7.17. The van der Waals surface area contributed by atoms with E-state index >= 15 is 0 Å². The van der Waals surface area contributed by atoms with Crippen LogP contribution in [0.1, 0.15) is 77.6 Å². The average molecular weight is 222 g/mol. The van der Waals surface area contributed by atoms with Crippen LogP contribution >= 0.6 is 0 Å². The van der Waals surface area contributed by atoms with E-state index in [-0.39, 0.29) is 0 Å². The van der Waals surface area contributed by atoms with Gasteiger partial charge in [-0.2, -0.15) is 0 Å². The van der Waals surface area contributed by atoms with Gasteiger partial charge in [0.15, 0.2) is 0 Å². The van der Waals surface area contributed by atoms with Gasteiger partial charge in [-0.3, -0.25) is 0 Å². The lowest BCUT2D eigenvalue weighted by atomic mass is 10.1. The molecular weight excluding hydrogens is 192 g/mol. The molecule has 0 saturated carbocycles. The SMILES string of the molecule is C=CCCCCC=CCCCCCCCC. The molecule has 0 aromatic heterocycles. The zero-order valence-electron chi connectivity index (χ0n) is 11.2. The number of hydrogen-bond acceptors (Lipinski definition) is 0. The molecule has 0 bridgehead atoms. The van der Waals surface area contributed by atoms with Crippen LogP contribution in [-0.2, 0) is 0 Å². The molecule has 0 aromatic carbocycles. The van der Waals surface area contributed by atoms with Gasteiger partial charge in [0, 0.05) is 0 Å². The van der Waals surface area contributed by atoms with Crippen molar-refractivity contribution < 1.29 is 0 Å². The van der Waals surface area contributed by atoms with Crippen molar-refractivity contribution in [2.24, 2.45) is 0 Å². The van der Waals surface area contributed by atoms with Crippen molar-refractivity contribution in [3.63, 3.8) is 0 Å². The third-order valence-corrected chi connectivity index (χ3v) is 2.92. The Morgan fingerprint density at radius 1 is 0.688 bits per heavy atom. The molecule has 0 nitrogen and oxygen atoms in total. The normalized spacial score (nSPS) is 11.1. The van der Waals surface area contributed by atoms with E-state index in [4.69, 9.17) is 0 Å². The maximum absolute atomic E-state index is 3.73. The minimum Gasteiger partial charge on any atom is -0.103 e. The zero-order valence-corrected chi connectivity index (χ0v) is 11.2. The lowest BCUT2D eigenvalue weighted by Crippen LogP contribution is -1.77. The lowest BCUT2D eigenvalue weighted by molar-refractivity contribution is 0.611. The van der Waals surface area contributed by atoms with Gasteiger partial charge in [0.1, 0.15) is 0 Å². The highest BCUT2D eigenvalue weighted by atomic mass is 13.9. The summed E-state index contributed by atoms with van der Waals surface area (Å²) in [6.45, 7) is 6.00. The molecule has 0 aliphatic carbocycles. The molecule has 0 unspecified atom stereocenters.